The summed E-state index contributed by atoms with van der Waals surface area (Å²) in [7, 11) is -3.57. The summed E-state index contributed by atoms with van der Waals surface area (Å²) in [6.07, 6.45) is 1.55. The van der Waals surface area contributed by atoms with Crippen molar-refractivity contribution >= 4 is 38.4 Å². The quantitative estimate of drug-likeness (QED) is 0.841. The minimum atomic E-state index is -3.57. The van der Waals surface area contributed by atoms with Crippen LogP contribution in [0.4, 0.5) is 5.82 Å². The molecule has 0 aliphatic rings. The van der Waals surface area contributed by atoms with Crippen LogP contribution in [0, 0.1) is 10.5 Å². The molecule has 18 heavy (non-hydrogen) atoms. The lowest BCUT2D eigenvalue weighted by Gasteiger charge is -2.09. The first-order valence-electron chi connectivity index (χ1n) is 5.19. The highest BCUT2D eigenvalue weighted by atomic mass is 127. The normalized spacial score (nSPS) is 11.2. The van der Waals surface area contributed by atoms with Crippen LogP contribution in [-0.4, -0.2) is 13.4 Å². The highest BCUT2D eigenvalue weighted by molar-refractivity contribution is 14.1. The van der Waals surface area contributed by atoms with Gasteiger partial charge in [-0.05, 0) is 65.4 Å². The van der Waals surface area contributed by atoms with Gasteiger partial charge in [-0.1, -0.05) is 6.07 Å². The summed E-state index contributed by atoms with van der Waals surface area (Å²) in [6, 6.07) is 10.2. The second-order valence-corrected chi connectivity index (χ2v) is 6.66. The third kappa shape index (κ3) is 2.99. The molecule has 4 nitrogen and oxygen atoms in total. The number of nitrogens with zero attached hydrogens (tertiary/aromatic N) is 1. The number of nitrogens with one attached hydrogen (secondary N) is 1. The molecular weight excluding hydrogens is 363 g/mol. The van der Waals surface area contributed by atoms with Crippen molar-refractivity contribution in [2.75, 3.05) is 4.72 Å². The van der Waals surface area contributed by atoms with E-state index in [4.69, 9.17) is 0 Å². The molecular formula is C12H11IN2O2S. The summed E-state index contributed by atoms with van der Waals surface area (Å²) in [5.74, 6) is 0.357. The molecule has 1 aromatic carbocycles. The Morgan fingerprint density at radius 3 is 2.44 bits per heavy atom. The molecule has 0 aliphatic carbocycles. The first kappa shape index (κ1) is 13.3. The van der Waals surface area contributed by atoms with Crippen molar-refractivity contribution in [3.63, 3.8) is 0 Å². The molecule has 0 aliphatic heterocycles. The van der Waals surface area contributed by atoms with Gasteiger partial charge in [-0.3, -0.25) is 4.72 Å². The highest BCUT2D eigenvalue weighted by Gasteiger charge is 2.15. The van der Waals surface area contributed by atoms with E-state index >= 15 is 0 Å². The third-order valence-corrected chi connectivity index (χ3v) is 4.44. The first-order valence-corrected chi connectivity index (χ1v) is 7.75. The Kier molecular flexibility index (Phi) is 3.86. The second kappa shape index (κ2) is 5.23. The molecule has 0 atom stereocenters. The lowest BCUT2D eigenvalue weighted by atomic mass is 10.3. The number of anilines is 1. The molecule has 2 aromatic rings. The Labute approximate surface area is 120 Å². The standard InChI is InChI=1S/C12H11IN2O2S/c1-9-3-2-8-14-12(9)15-18(16,17)11-6-4-10(13)5-7-11/h2-8H,1H3,(H,14,15). The van der Waals surface area contributed by atoms with Crippen LogP contribution in [0.15, 0.2) is 47.5 Å². The summed E-state index contributed by atoms with van der Waals surface area (Å²) in [5.41, 5.74) is 0.784. The predicted molar refractivity (Wildman–Crippen MR) is 78.9 cm³/mol. The molecule has 0 saturated carbocycles. The Morgan fingerprint density at radius 1 is 1.17 bits per heavy atom. The van der Waals surface area contributed by atoms with Crippen molar-refractivity contribution in [2.45, 2.75) is 11.8 Å². The van der Waals surface area contributed by atoms with Crippen molar-refractivity contribution in [1.82, 2.24) is 4.98 Å². The summed E-state index contributed by atoms with van der Waals surface area (Å²) in [6.45, 7) is 1.80. The zero-order valence-corrected chi connectivity index (χ0v) is 12.6. The van der Waals surface area contributed by atoms with Crippen LogP contribution in [0.25, 0.3) is 0 Å². The van der Waals surface area contributed by atoms with Crippen molar-refractivity contribution < 1.29 is 8.42 Å². The zero-order valence-electron chi connectivity index (χ0n) is 9.59. The number of benzene rings is 1. The third-order valence-electron chi connectivity index (χ3n) is 2.36. The van der Waals surface area contributed by atoms with Gasteiger partial charge in [0.2, 0.25) is 0 Å². The SMILES string of the molecule is Cc1cccnc1NS(=O)(=O)c1ccc(I)cc1. The largest absolute Gasteiger partial charge is 0.263 e. The summed E-state index contributed by atoms with van der Waals surface area (Å²) in [4.78, 5) is 4.24. The molecule has 1 N–H and O–H groups in total. The molecule has 0 spiro atoms. The molecule has 0 radical (unpaired) electrons. The van der Waals surface area contributed by atoms with Gasteiger partial charge < -0.3 is 0 Å². The minimum Gasteiger partial charge on any atom is -0.263 e. The summed E-state index contributed by atoms with van der Waals surface area (Å²) in [5, 5.41) is 0. The number of halogens is 1. The van der Waals surface area contributed by atoms with Crippen LogP contribution in [0.1, 0.15) is 5.56 Å². The maximum Gasteiger partial charge on any atom is 0.263 e. The van der Waals surface area contributed by atoms with E-state index in [1.165, 1.54) is 0 Å². The fourth-order valence-electron chi connectivity index (χ4n) is 1.39. The van der Waals surface area contributed by atoms with E-state index in [2.05, 4.69) is 32.3 Å². The maximum atomic E-state index is 12.1. The van der Waals surface area contributed by atoms with Gasteiger partial charge in [0.15, 0.2) is 0 Å². The average Bonchev–Trinajstić information content (AvgIpc) is 2.32. The molecule has 0 saturated heterocycles. The highest BCUT2D eigenvalue weighted by Crippen LogP contribution is 2.17. The van der Waals surface area contributed by atoms with E-state index < -0.39 is 10.0 Å². The van der Waals surface area contributed by atoms with E-state index in [1.54, 1.807) is 49.5 Å². The summed E-state index contributed by atoms with van der Waals surface area (Å²) < 4.78 is 27.7. The Balaban J connectivity index is 2.33. The number of hydrogen-bond donors (Lipinski definition) is 1. The fourth-order valence-corrected chi connectivity index (χ4v) is 2.83. The van der Waals surface area contributed by atoms with E-state index in [1.807, 2.05) is 0 Å². The first-order chi connectivity index (χ1) is 8.49. The Hall–Kier alpha value is -1.15. The molecule has 0 amide bonds. The van der Waals surface area contributed by atoms with Gasteiger partial charge in [0.25, 0.3) is 10.0 Å². The van der Waals surface area contributed by atoms with Gasteiger partial charge in [0.05, 0.1) is 4.90 Å². The molecule has 0 bridgehead atoms. The molecule has 94 valence electrons. The van der Waals surface area contributed by atoms with Crippen molar-refractivity contribution in [1.29, 1.82) is 0 Å². The second-order valence-electron chi connectivity index (χ2n) is 3.73. The van der Waals surface area contributed by atoms with E-state index in [-0.39, 0.29) is 4.90 Å². The average molecular weight is 374 g/mol. The number of hydrogen-bond acceptors (Lipinski definition) is 3. The van der Waals surface area contributed by atoms with Crippen LogP contribution in [0.2, 0.25) is 0 Å². The zero-order chi connectivity index (χ0) is 13.2. The molecule has 1 aromatic heterocycles. The topological polar surface area (TPSA) is 59.1 Å². The van der Waals surface area contributed by atoms with Crippen molar-refractivity contribution in [3.8, 4) is 0 Å². The van der Waals surface area contributed by atoms with Gasteiger partial charge >= 0.3 is 0 Å². The predicted octanol–water partition coefficient (Wildman–Crippen LogP) is 2.80. The van der Waals surface area contributed by atoms with Crippen molar-refractivity contribution in [2.24, 2.45) is 0 Å². The van der Waals surface area contributed by atoms with Crippen LogP contribution >= 0.6 is 22.6 Å². The smallest absolute Gasteiger partial charge is 0.263 e. The summed E-state index contributed by atoms with van der Waals surface area (Å²) >= 11 is 2.13. The fraction of sp³-hybridized carbons (Fsp3) is 0.0833. The minimum absolute atomic E-state index is 0.230. The van der Waals surface area contributed by atoms with Gasteiger partial charge in [0.1, 0.15) is 5.82 Å². The Bertz CT molecular complexity index is 654. The number of pyridine rings is 1. The number of aryl methyl sites for hydroxylation is 1. The van der Waals surface area contributed by atoms with E-state index in [0.717, 1.165) is 9.13 Å². The van der Waals surface area contributed by atoms with Crippen LogP contribution < -0.4 is 4.72 Å². The molecule has 6 heteroatoms. The maximum absolute atomic E-state index is 12.1. The van der Waals surface area contributed by atoms with Crippen molar-refractivity contribution in [3.05, 3.63) is 51.7 Å². The van der Waals surface area contributed by atoms with Crippen LogP contribution in [-0.2, 0) is 10.0 Å². The van der Waals surface area contributed by atoms with Crippen LogP contribution in [0.5, 0.6) is 0 Å². The molecule has 0 unspecified atom stereocenters. The van der Waals surface area contributed by atoms with Crippen LogP contribution in [0.3, 0.4) is 0 Å². The van der Waals surface area contributed by atoms with E-state index in [0.29, 0.717) is 5.82 Å². The molecule has 2 rings (SSSR count). The lowest BCUT2D eigenvalue weighted by molar-refractivity contribution is 0.601. The number of aromatic nitrogens is 1. The monoisotopic (exact) mass is 374 g/mol. The van der Waals surface area contributed by atoms with E-state index in [9.17, 15) is 8.42 Å². The number of sulfonamides is 1. The van der Waals surface area contributed by atoms with Gasteiger partial charge in [-0.2, -0.15) is 0 Å². The van der Waals surface area contributed by atoms with Gasteiger partial charge in [-0.15, -0.1) is 0 Å². The number of rotatable bonds is 3. The molecule has 1 heterocycles. The lowest BCUT2D eigenvalue weighted by Crippen LogP contribution is -2.14. The molecule has 0 fully saturated rings. The Morgan fingerprint density at radius 2 is 1.83 bits per heavy atom. The van der Waals surface area contributed by atoms with Gasteiger partial charge in [-0.25, -0.2) is 13.4 Å². The van der Waals surface area contributed by atoms with Gasteiger partial charge in [0, 0.05) is 9.77 Å².